The van der Waals surface area contributed by atoms with Crippen LogP contribution in [0.4, 0.5) is 11.9 Å². The van der Waals surface area contributed by atoms with E-state index in [1.165, 1.54) is 20.0 Å². The van der Waals surface area contributed by atoms with E-state index in [4.69, 9.17) is 37.8 Å². The molecule has 1 aliphatic heterocycles. The van der Waals surface area contributed by atoms with E-state index in [1.807, 2.05) is 24.3 Å². The fourth-order valence-electron chi connectivity index (χ4n) is 7.43. The van der Waals surface area contributed by atoms with Crippen LogP contribution in [0.5, 0.6) is 0 Å². The first kappa shape index (κ1) is 58.9. The third-order valence-corrected chi connectivity index (χ3v) is 10.9. The molecule has 0 unspecified atom stereocenters. The van der Waals surface area contributed by atoms with Gasteiger partial charge in [-0.25, -0.2) is 14.8 Å². The van der Waals surface area contributed by atoms with Crippen molar-refractivity contribution >= 4 is 91.9 Å². The number of primary amides is 2. The van der Waals surface area contributed by atoms with Crippen LogP contribution in [0.25, 0.3) is 33.7 Å². The Kier molecular flexibility index (Phi) is 24.2. The molecule has 26 heteroatoms. The van der Waals surface area contributed by atoms with Crippen molar-refractivity contribution in [3.05, 3.63) is 79.5 Å². The number of hydrogen-bond acceptors (Lipinski definition) is 16. The summed E-state index contributed by atoms with van der Waals surface area (Å²) >= 11 is -2.24. The van der Waals surface area contributed by atoms with Crippen LogP contribution in [0.2, 0.25) is 0 Å². The van der Waals surface area contributed by atoms with Gasteiger partial charge < -0.3 is 56.5 Å². The fraction of sp³-hybridized carbons (Fsp3) is 0.429. The summed E-state index contributed by atoms with van der Waals surface area (Å²) in [6.07, 6.45) is 10.4. The van der Waals surface area contributed by atoms with Gasteiger partial charge in [0.1, 0.15) is 0 Å². The van der Waals surface area contributed by atoms with Gasteiger partial charge in [0.05, 0.1) is 42.0 Å². The van der Waals surface area contributed by atoms with Crippen molar-refractivity contribution in [2.75, 3.05) is 31.0 Å². The van der Waals surface area contributed by atoms with E-state index in [2.05, 4.69) is 51.2 Å². The summed E-state index contributed by atoms with van der Waals surface area (Å²) in [5.41, 5.74) is 29.9. The minimum absolute atomic E-state index is 0. The number of amides is 2. The summed E-state index contributed by atoms with van der Waals surface area (Å²) in [5, 5.41) is 33.2. The Morgan fingerprint density at radius 3 is 1.51 bits per heavy atom. The number of anilines is 2. The van der Waals surface area contributed by atoms with Crippen LogP contribution in [0.3, 0.4) is 0 Å². The van der Waals surface area contributed by atoms with E-state index in [1.54, 1.807) is 59.9 Å². The molecule has 5 heterocycles. The second-order valence-corrected chi connectivity index (χ2v) is 29.8. The third kappa shape index (κ3) is 16.6. The summed E-state index contributed by atoms with van der Waals surface area (Å²) in [6, 6.07) is 14.4. The van der Waals surface area contributed by atoms with Crippen molar-refractivity contribution in [1.29, 1.82) is 0 Å². The minimum Gasteiger partial charge on any atom is 2.00 e. The number of esters is 1. The van der Waals surface area contributed by atoms with Crippen molar-refractivity contribution in [3.63, 3.8) is 0 Å². The van der Waals surface area contributed by atoms with Crippen molar-refractivity contribution in [2.24, 2.45) is 23.3 Å². The van der Waals surface area contributed by atoms with Gasteiger partial charge in [0, 0.05) is 37.1 Å². The Hall–Kier alpha value is -3.37. The third-order valence-electron chi connectivity index (χ3n) is 10.9. The Bertz CT molecular complexity index is 2540. The zero-order valence-electron chi connectivity index (χ0n) is 38.0. The average Bonchev–Trinajstić information content (AvgIpc) is 4.14. The topological polar surface area (TPSA) is 279 Å². The molecule has 7 N–H and O–H groups in total. The van der Waals surface area contributed by atoms with Crippen LogP contribution in [-0.4, -0.2) is 128 Å². The number of aliphatic hydroxyl groups is 1. The molecule has 2 saturated carbocycles. The van der Waals surface area contributed by atoms with E-state index in [0.29, 0.717) is 58.3 Å². The number of rotatable bonds is 10. The van der Waals surface area contributed by atoms with Crippen LogP contribution in [0.15, 0.2) is 60.9 Å². The van der Waals surface area contributed by atoms with Crippen LogP contribution >= 0.6 is 16.9 Å². The summed E-state index contributed by atoms with van der Waals surface area (Å²) in [4.78, 5) is 52.0. The maximum absolute atomic E-state index is 11.6. The quantitative estimate of drug-likeness (QED) is 0.0749. The van der Waals surface area contributed by atoms with Gasteiger partial charge in [-0.1, -0.05) is 22.6 Å². The molecule has 0 bridgehead atoms. The van der Waals surface area contributed by atoms with Gasteiger partial charge in [-0.05, 0) is 107 Å². The van der Waals surface area contributed by atoms with Gasteiger partial charge in [0.15, 0.2) is 22.3 Å². The van der Waals surface area contributed by atoms with Gasteiger partial charge in [0.25, 0.3) is 0 Å². The molecular formula is C42H53CeCl4MgN14O6. The molecular weight excluding hydrogens is 1100 g/mol. The molecule has 6 aromatic rings. The molecule has 1 saturated heterocycles. The summed E-state index contributed by atoms with van der Waals surface area (Å²) in [6.45, 7) is 5.48. The fourth-order valence-corrected chi connectivity index (χ4v) is 7.43. The average molecular weight is 1160 g/mol. The van der Waals surface area contributed by atoms with E-state index < -0.39 is 42.2 Å². The zero-order chi connectivity index (χ0) is 46.7. The molecule has 2 aromatic carbocycles. The number of nitrogens with zero attached hydrogens (tertiary/aromatic N) is 10. The normalized spacial score (nSPS) is 18.1. The minimum atomic E-state index is -2.24. The maximum atomic E-state index is 11.6. The molecule has 0 radical (unpaired) electrons. The van der Waals surface area contributed by atoms with E-state index in [-0.39, 0.29) is 78.6 Å². The van der Waals surface area contributed by atoms with Gasteiger partial charge in [-0.2, -0.15) is 19.3 Å². The first-order valence-electron chi connectivity index (χ1n) is 20.8. The predicted molar refractivity (Wildman–Crippen MR) is 253 cm³/mol. The SMILES string of the molecule is C1CCOC1.CC(C)(O)c1ccc(-n2nnc3cnc(N[C@@H]4CC[C@@H](C(N)=O)C4)nc32)cc1.COC(=O)c1ccc(-n2nnc3cnc(N[C@@H]4CC[C@@H](C(N)=O)C4)nc32)cc1.[CH3-].[Cl-].[Cl][Ce]([Cl])[Cl].[Mg+2]. The van der Waals surface area contributed by atoms with Crippen molar-refractivity contribution < 1.29 is 72.0 Å². The molecule has 2 amide bonds. The Morgan fingerprint density at radius 1 is 0.765 bits per heavy atom. The molecule has 3 aliphatic rings. The second kappa shape index (κ2) is 27.9. The smallest absolute Gasteiger partial charge is 2.00 e. The molecule has 4 aromatic heterocycles. The number of nitrogens with two attached hydrogens (primary N) is 2. The van der Waals surface area contributed by atoms with Crippen LogP contribution in [0.1, 0.15) is 81.1 Å². The molecule has 3 fully saturated rings. The second-order valence-electron chi connectivity index (χ2n) is 16.0. The summed E-state index contributed by atoms with van der Waals surface area (Å²) in [5.74, 6) is -0.216. The van der Waals surface area contributed by atoms with Gasteiger partial charge in [0.2, 0.25) is 23.7 Å². The molecule has 2 aliphatic carbocycles. The molecule has 9 rings (SSSR count). The molecule has 20 nitrogen and oxygen atoms in total. The van der Waals surface area contributed by atoms with Crippen LogP contribution < -0.4 is 34.5 Å². The Balaban J connectivity index is 0.000000293. The number of aromatic nitrogens is 10. The number of hydrogen-bond donors (Lipinski definition) is 5. The molecule has 4 atom stereocenters. The predicted octanol–water partition coefficient (Wildman–Crippen LogP) is 2.51. The van der Waals surface area contributed by atoms with Gasteiger partial charge >= 0.3 is 76.6 Å². The molecule has 0 spiro atoms. The largest absolute Gasteiger partial charge is 2.00 e. The van der Waals surface area contributed by atoms with Crippen molar-refractivity contribution in [3.8, 4) is 11.4 Å². The van der Waals surface area contributed by atoms with Gasteiger partial charge in [-0.3, -0.25) is 9.59 Å². The van der Waals surface area contributed by atoms with E-state index in [0.717, 1.165) is 50.1 Å². The number of fused-ring (bicyclic) bond motifs is 2. The molecule has 361 valence electrons. The number of ether oxygens (including phenoxy) is 2. The standard InChI is InChI=1S/C19H23N7O2.C18H19N7O3.C4H8O.CH3.Ce.4ClH.Mg/c1-19(2,28)12-4-7-14(8-5-12)26-17-15(24-25-26)10-21-18(23-17)22-13-6-3-11(9-13)16(20)27;1-28-17(27)10-3-6-13(7-4-10)25-16-14(23-24-25)9-20-18(22-16)21-12-5-2-11(8-12)15(19)26;1-2-4-5-3-1;;;;;;;/h4-5,7-8,10-11,13,28H,3,6,9H2,1-2H3,(H2,20,27)(H,21,22,23);3-4,6-7,9,11-12H,2,5,8H2,1H3,(H2,19,26)(H,20,21,22);1-4H2;1H3;;4*1H;/q;;;-1;+3;;;;;+2/p-4/t11-,13-;11-,12-;;;;;;;;/m11......../s1. The maximum Gasteiger partial charge on any atom is 2.00 e. The van der Waals surface area contributed by atoms with Crippen LogP contribution in [-0.2, 0) is 24.7 Å². The first-order chi connectivity index (χ1) is 31.1. The van der Waals surface area contributed by atoms with Gasteiger partial charge in [-0.15, -0.1) is 10.2 Å². The van der Waals surface area contributed by atoms with Crippen molar-refractivity contribution in [2.45, 2.75) is 82.9 Å². The monoisotopic (exact) mass is 1150 g/mol. The zero-order valence-corrected chi connectivity index (χ0v) is 45.6. The number of halogens is 4. The Morgan fingerprint density at radius 2 is 1.18 bits per heavy atom. The molecule has 68 heavy (non-hydrogen) atoms. The van der Waals surface area contributed by atoms with Crippen LogP contribution in [0, 0.1) is 49.9 Å². The number of carbonyl (C=O) groups is 3. The number of carbonyl (C=O) groups excluding carboxylic acids is 3. The first-order valence-corrected chi connectivity index (χ1v) is 32.6. The Labute approximate surface area is 437 Å². The number of benzene rings is 2. The summed E-state index contributed by atoms with van der Waals surface area (Å²) < 4.78 is 12.9. The van der Waals surface area contributed by atoms with Crippen molar-refractivity contribution in [1.82, 2.24) is 49.9 Å². The summed E-state index contributed by atoms with van der Waals surface area (Å²) in [7, 11) is 1.34. The number of nitrogens with one attached hydrogen (secondary N) is 2. The number of methoxy groups -OCH3 is 1. The van der Waals surface area contributed by atoms with E-state index >= 15 is 0 Å². The van der Waals surface area contributed by atoms with E-state index in [9.17, 15) is 19.5 Å².